The van der Waals surface area contributed by atoms with Crippen LogP contribution in [0.5, 0.6) is 0 Å². The van der Waals surface area contributed by atoms with Gasteiger partial charge in [0.15, 0.2) is 0 Å². The van der Waals surface area contributed by atoms with Crippen molar-refractivity contribution in [2.75, 3.05) is 13.1 Å². The lowest BCUT2D eigenvalue weighted by Gasteiger charge is -2.25. The van der Waals surface area contributed by atoms with Gasteiger partial charge in [-0.3, -0.25) is 4.55 Å². The molecule has 0 radical (unpaired) electrons. The molecule has 23 heavy (non-hydrogen) atoms. The zero-order valence-electron chi connectivity index (χ0n) is 15.3. The van der Waals surface area contributed by atoms with Crippen LogP contribution in [-0.4, -0.2) is 38.2 Å². The molecule has 3 atom stereocenters. The van der Waals surface area contributed by atoms with Gasteiger partial charge in [0.25, 0.3) is 0 Å². The van der Waals surface area contributed by atoms with Gasteiger partial charge in [-0.2, -0.15) is 0 Å². The predicted molar refractivity (Wildman–Crippen MR) is 99.8 cm³/mol. The Balaban J connectivity index is 2.34. The van der Waals surface area contributed by atoms with Crippen LogP contribution in [0.3, 0.4) is 0 Å². The summed E-state index contributed by atoms with van der Waals surface area (Å²) in [6.45, 7) is 6.01. The van der Waals surface area contributed by atoms with Crippen molar-refractivity contribution < 1.29 is 8.76 Å². The van der Waals surface area contributed by atoms with Gasteiger partial charge in [0.05, 0.1) is 0 Å². The number of unbranched alkanes of at least 4 members (excludes halogenated alkanes) is 5. The van der Waals surface area contributed by atoms with Gasteiger partial charge in [0.1, 0.15) is 0 Å². The fraction of sp³-hybridized carbons (Fsp3) is 1.00. The first kappa shape index (κ1) is 21.1. The molecule has 1 fully saturated rings. The second-order valence-corrected chi connectivity index (χ2v) is 7.97. The van der Waals surface area contributed by atoms with Crippen molar-refractivity contribution in [3.63, 3.8) is 0 Å². The van der Waals surface area contributed by atoms with Crippen LogP contribution in [0.1, 0.15) is 90.9 Å². The van der Waals surface area contributed by atoms with E-state index in [0.29, 0.717) is 12.1 Å². The van der Waals surface area contributed by atoms with Gasteiger partial charge >= 0.3 is 0 Å². The van der Waals surface area contributed by atoms with E-state index in [1.807, 2.05) is 0 Å². The molecule has 138 valence electrons. The molecule has 0 aromatic heterocycles. The summed E-state index contributed by atoms with van der Waals surface area (Å²) < 4.78 is 22.2. The number of nitrogens with zero attached hydrogens (tertiary/aromatic N) is 1. The van der Waals surface area contributed by atoms with E-state index in [2.05, 4.69) is 19.2 Å². The zero-order chi connectivity index (χ0) is 16.9. The fourth-order valence-corrected chi connectivity index (χ4v) is 4.03. The minimum absolute atomic E-state index is 0.515. The number of nitrogens with one attached hydrogen (secondary N) is 1. The second kappa shape index (κ2) is 13.3. The maximum absolute atomic E-state index is 11.2. The number of hydrogen-bond donors (Lipinski definition) is 2. The molecule has 1 rings (SSSR count). The number of rotatable bonds is 12. The van der Waals surface area contributed by atoms with Gasteiger partial charge in [0.2, 0.25) is 11.3 Å². The molecular formula is C18H38N2O2S. The smallest absolute Gasteiger partial charge is 0.234 e. The van der Waals surface area contributed by atoms with Gasteiger partial charge in [-0.1, -0.05) is 58.8 Å². The van der Waals surface area contributed by atoms with E-state index in [4.69, 9.17) is 0 Å². The van der Waals surface area contributed by atoms with Gasteiger partial charge in [-0.05, 0) is 32.1 Å². The van der Waals surface area contributed by atoms with Crippen LogP contribution in [-0.2, 0) is 11.3 Å². The van der Waals surface area contributed by atoms with Gasteiger partial charge < -0.3 is 5.32 Å². The molecule has 0 spiro atoms. The molecule has 1 aliphatic rings. The lowest BCUT2D eigenvalue weighted by molar-refractivity contribution is 0.346. The SMILES string of the molecule is CCCCCCCC(CCCC)NC1CCCN(S(=O)O)CC1. The first-order chi connectivity index (χ1) is 11.2. The molecule has 1 aliphatic heterocycles. The Hall–Kier alpha value is 0.0300. The third kappa shape index (κ3) is 9.80. The quantitative estimate of drug-likeness (QED) is 0.404. The Morgan fingerprint density at radius 1 is 1.04 bits per heavy atom. The highest BCUT2D eigenvalue weighted by atomic mass is 32.2. The molecule has 5 heteroatoms. The highest BCUT2D eigenvalue weighted by molar-refractivity contribution is 7.76. The van der Waals surface area contributed by atoms with Crippen molar-refractivity contribution in [2.24, 2.45) is 0 Å². The topological polar surface area (TPSA) is 52.6 Å². The summed E-state index contributed by atoms with van der Waals surface area (Å²) in [4.78, 5) is 0. The van der Waals surface area contributed by atoms with Crippen molar-refractivity contribution in [2.45, 2.75) is 103 Å². The molecular weight excluding hydrogens is 308 g/mol. The average Bonchev–Trinajstić information content (AvgIpc) is 2.77. The van der Waals surface area contributed by atoms with Crippen molar-refractivity contribution in [1.82, 2.24) is 9.62 Å². The third-order valence-corrected chi connectivity index (χ3v) is 5.75. The first-order valence-electron chi connectivity index (χ1n) is 9.79. The normalized spacial score (nSPS) is 22.7. The van der Waals surface area contributed by atoms with E-state index >= 15 is 0 Å². The Morgan fingerprint density at radius 3 is 2.43 bits per heavy atom. The molecule has 0 saturated carbocycles. The van der Waals surface area contributed by atoms with E-state index < -0.39 is 11.3 Å². The minimum Gasteiger partial charge on any atom is -0.311 e. The molecule has 1 saturated heterocycles. The molecule has 0 amide bonds. The molecule has 2 N–H and O–H groups in total. The summed E-state index contributed by atoms with van der Waals surface area (Å²) in [5.41, 5.74) is 0. The summed E-state index contributed by atoms with van der Waals surface area (Å²) in [5, 5.41) is 3.87. The Bertz CT molecular complexity index is 315. The molecule has 3 unspecified atom stereocenters. The highest BCUT2D eigenvalue weighted by Gasteiger charge is 2.21. The van der Waals surface area contributed by atoms with E-state index in [-0.39, 0.29) is 0 Å². The van der Waals surface area contributed by atoms with Crippen molar-refractivity contribution in [3.05, 3.63) is 0 Å². The summed E-state index contributed by atoms with van der Waals surface area (Å²) in [7, 11) is 0. The summed E-state index contributed by atoms with van der Waals surface area (Å²) in [6.07, 6.45) is 15.0. The second-order valence-electron chi connectivity index (χ2n) is 7.00. The lowest BCUT2D eigenvalue weighted by atomic mass is 9.99. The Morgan fingerprint density at radius 2 is 1.74 bits per heavy atom. The monoisotopic (exact) mass is 346 g/mol. The summed E-state index contributed by atoms with van der Waals surface area (Å²) >= 11 is -1.80. The molecule has 1 heterocycles. The Labute approximate surface area is 146 Å². The third-order valence-electron chi connectivity index (χ3n) is 4.94. The zero-order valence-corrected chi connectivity index (χ0v) is 16.1. The highest BCUT2D eigenvalue weighted by Crippen LogP contribution is 2.17. The standard InChI is InChI=1S/C18H38N2O2S/c1-3-5-7-8-9-12-17(11-6-4-2)19-18-13-10-15-20(16-14-18)23(21)22/h17-19H,3-16H2,1-2H3,(H,21,22). The van der Waals surface area contributed by atoms with Gasteiger partial charge in [-0.25, -0.2) is 8.51 Å². The lowest BCUT2D eigenvalue weighted by Crippen LogP contribution is -2.39. The van der Waals surface area contributed by atoms with Crippen LogP contribution in [0, 0.1) is 0 Å². The molecule has 0 bridgehead atoms. The number of hydrogen-bond acceptors (Lipinski definition) is 2. The fourth-order valence-electron chi connectivity index (χ4n) is 3.48. The maximum Gasteiger partial charge on any atom is 0.234 e. The van der Waals surface area contributed by atoms with Gasteiger partial charge in [0, 0.05) is 25.2 Å². The van der Waals surface area contributed by atoms with Crippen LogP contribution in [0.4, 0.5) is 0 Å². The van der Waals surface area contributed by atoms with Crippen LogP contribution < -0.4 is 5.32 Å². The predicted octanol–water partition coefficient (Wildman–Crippen LogP) is 4.49. The molecule has 0 aliphatic carbocycles. The van der Waals surface area contributed by atoms with Crippen LogP contribution in [0.25, 0.3) is 0 Å². The molecule has 4 nitrogen and oxygen atoms in total. The average molecular weight is 347 g/mol. The summed E-state index contributed by atoms with van der Waals surface area (Å²) in [5.74, 6) is 0. The largest absolute Gasteiger partial charge is 0.311 e. The van der Waals surface area contributed by atoms with Crippen molar-refractivity contribution in [1.29, 1.82) is 0 Å². The van der Waals surface area contributed by atoms with E-state index in [0.717, 1.165) is 32.4 Å². The van der Waals surface area contributed by atoms with Crippen LogP contribution in [0.15, 0.2) is 0 Å². The van der Waals surface area contributed by atoms with E-state index in [9.17, 15) is 8.76 Å². The summed E-state index contributed by atoms with van der Waals surface area (Å²) in [6, 6.07) is 1.15. The maximum atomic E-state index is 11.2. The minimum atomic E-state index is -1.80. The van der Waals surface area contributed by atoms with Crippen LogP contribution >= 0.6 is 0 Å². The molecule has 0 aromatic carbocycles. The molecule has 0 aromatic rings. The van der Waals surface area contributed by atoms with Crippen LogP contribution in [0.2, 0.25) is 0 Å². The van der Waals surface area contributed by atoms with E-state index in [1.54, 1.807) is 4.31 Å². The van der Waals surface area contributed by atoms with Crippen molar-refractivity contribution in [3.8, 4) is 0 Å². The van der Waals surface area contributed by atoms with Crippen molar-refractivity contribution >= 4 is 11.3 Å². The van der Waals surface area contributed by atoms with E-state index in [1.165, 1.54) is 57.8 Å². The first-order valence-corrected chi connectivity index (χ1v) is 10.9. The van der Waals surface area contributed by atoms with Gasteiger partial charge in [-0.15, -0.1) is 0 Å². The Kier molecular flexibility index (Phi) is 12.2.